The van der Waals surface area contributed by atoms with Gasteiger partial charge in [-0.2, -0.15) is 0 Å². The molecule has 0 fully saturated rings. The zero-order valence-corrected chi connectivity index (χ0v) is 15.5. The number of hydrogen-bond acceptors (Lipinski definition) is 6. The summed E-state index contributed by atoms with van der Waals surface area (Å²) in [6.07, 6.45) is 0. The third-order valence-electron chi connectivity index (χ3n) is 3.99. The average molecular weight is 382 g/mol. The second-order valence-electron chi connectivity index (χ2n) is 5.78. The fraction of sp³-hybridized carbons (Fsp3) is 0.200. The lowest BCUT2D eigenvalue weighted by Crippen LogP contribution is -2.15. The minimum atomic E-state index is -0.248. The summed E-state index contributed by atoms with van der Waals surface area (Å²) in [6, 6.07) is 12.9. The smallest absolute Gasteiger partial charge is 0.261 e. The predicted molar refractivity (Wildman–Crippen MR) is 104 cm³/mol. The lowest BCUT2D eigenvalue weighted by Gasteiger charge is -2.18. The second kappa shape index (κ2) is 7.67. The summed E-state index contributed by atoms with van der Waals surface area (Å²) in [7, 11) is 0. The van der Waals surface area contributed by atoms with E-state index in [9.17, 15) is 4.79 Å². The number of aromatic nitrogens is 1. The zero-order valence-electron chi connectivity index (χ0n) is 14.7. The van der Waals surface area contributed by atoms with Gasteiger partial charge in [-0.3, -0.25) is 10.1 Å². The van der Waals surface area contributed by atoms with Gasteiger partial charge in [0.05, 0.1) is 17.9 Å². The minimum absolute atomic E-state index is 0.248. The molecule has 138 valence electrons. The summed E-state index contributed by atoms with van der Waals surface area (Å²) in [5, 5.41) is 5.26. The molecule has 0 unspecified atom stereocenters. The molecule has 1 aliphatic rings. The first-order valence-corrected chi connectivity index (χ1v) is 9.51. The number of carbonyl (C=O) groups is 1. The number of nitrogens with zero attached hydrogens (tertiary/aromatic N) is 1. The maximum absolute atomic E-state index is 12.6. The van der Waals surface area contributed by atoms with Gasteiger partial charge in [-0.1, -0.05) is 12.1 Å². The number of thiazole rings is 1. The number of nitrogens with one attached hydrogen (secondary N) is 1. The maximum Gasteiger partial charge on any atom is 0.261 e. The van der Waals surface area contributed by atoms with Crippen LogP contribution in [0.1, 0.15) is 17.3 Å². The van der Waals surface area contributed by atoms with Gasteiger partial charge < -0.3 is 14.2 Å². The summed E-state index contributed by atoms with van der Waals surface area (Å²) < 4.78 is 16.7. The summed E-state index contributed by atoms with van der Waals surface area (Å²) in [6.45, 7) is 3.47. The number of fused-ring (bicyclic) bond motifs is 1. The standard InChI is InChI=1S/C20H18N2O4S/c1-2-24-16-6-4-3-5-14(16)19(23)22-20-21-15(12-27-20)13-7-8-17-18(11-13)26-10-9-25-17/h3-8,11-12H,2,9-10H2,1H3,(H,21,22,23). The van der Waals surface area contributed by atoms with Crippen molar-refractivity contribution in [2.75, 3.05) is 25.1 Å². The Morgan fingerprint density at radius 2 is 2.00 bits per heavy atom. The van der Waals surface area contributed by atoms with Crippen LogP contribution in [0.2, 0.25) is 0 Å². The molecule has 7 heteroatoms. The lowest BCUT2D eigenvalue weighted by atomic mass is 10.1. The number of hydrogen-bond donors (Lipinski definition) is 1. The Labute approximate surface area is 160 Å². The van der Waals surface area contributed by atoms with E-state index >= 15 is 0 Å². The van der Waals surface area contributed by atoms with Crippen molar-refractivity contribution in [3.8, 4) is 28.5 Å². The van der Waals surface area contributed by atoms with Gasteiger partial charge in [-0.05, 0) is 37.3 Å². The Hall–Kier alpha value is -3.06. The zero-order chi connectivity index (χ0) is 18.6. The van der Waals surface area contributed by atoms with Crippen molar-refractivity contribution in [1.82, 2.24) is 4.98 Å². The Morgan fingerprint density at radius 1 is 1.19 bits per heavy atom. The highest BCUT2D eigenvalue weighted by atomic mass is 32.1. The summed E-state index contributed by atoms with van der Waals surface area (Å²) in [5.41, 5.74) is 2.16. The molecule has 0 radical (unpaired) electrons. The van der Waals surface area contributed by atoms with Crippen LogP contribution in [-0.2, 0) is 0 Å². The van der Waals surface area contributed by atoms with Crippen LogP contribution in [0.4, 0.5) is 5.13 Å². The molecule has 4 rings (SSSR count). The van der Waals surface area contributed by atoms with E-state index in [-0.39, 0.29) is 5.91 Å². The molecule has 2 heterocycles. The number of para-hydroxylation sites is 1. The van der Waals surface area contributed by atoms with E-state index in [1.54, 1.807) is 18.2 Å². The van der Waals surface area contributed by atoms with Crippen LogP contribution in [0, 0.1) is 0 Å². The normalized spacial score (nSPS) is 12.5. The van der Waals surface area contributed by atoms with Gasteiger partial charge >= 0.3 is 0 Å². The molecule has 6 nitrogen and oxygen atoms in total. The van der Waals surface area contributed by atoms with Crippen molar-refractivity contribution in [2.45, 2.75) is 6.92 Å². The van der Waals surface area contributed by atoms with Crippen molar-refractivity contribution in [3.63, 3.8) is 0 Å². The predicted octanol–water partition coefficient (Wildman–Crippen LogP) is 4.23. The molecule has 0 spiro atoms. The number of amides is 1. The van der Waals surface area contributed by atoms with Gasteiger partial charge in [0.25, 0.3) is 5.91 Å². The molecule has 3 aromatic rings. The van der Waals surface area contributed by atoms with Crippen LogP contribution < -0.4 is 19.5 Å². The van der Waals surface area contributed by atoms with E-state index in [2.05, 4.69) is 10.3 Å². The quantitative estimate of drug-likeness (QED) is 0.715. The van der Waals surface area contributed by atoms with Gasteiger partial charge in [-0.15, -0.1) is 11.3 Å². The van der Waals surface area contributed by atoms with E-state index < -0.39 is 0 Å². The molecule has 0 saturated heterocycles. The summed E-state index contributed by atoms with van der Waals surface area (Å²) in [4.78, 5) is 17.1. The molecule has 1 N–H and O–H groups in total. The first-order chi connectivity index (χ1) is 13.2. The van der Waals surface area contributed by atoms with Gasteiger partial charge in [0, 0.05) is 10.9 Å². The van der Waals surface area contributed by atoms with Gasteiger partial charge in [0.1, 0.15) is 19.0 Å². The number of carbonyl (C=O) groups excluding carboxylic acids is 1. The molecule has 0 saturated carbocycles. The van der Waals surface area contributed by atoms with Crippen LogP contribution in [0.3, 0.4) is 0 Å². The molecular weight excluding hydrogens is 364 g/mol. The monoisotopic (exact) mass is 382 g/mol. The van der Waals surface area contributed by atoms with Crippen molar-refractivity contribution >= 4 is 22.4 Å². The highest BCUT2D eigenvalue weighted by Gasteiger charge is 2.16. The molecular formula is C20H18N2O4S. The number of ether oxygens (including phenoxy) is 3. The van der Waals surface area contributed by atoms with Crippen molar-refractivity contribution in [3.05, 3.63) is 53.4 Å². The van der Waals surface area contributed by atoms with E-state index in [1.165, 1.54) is 11.3 Å². The molecule has 27 heavy (non-hydrogen) atoms. The van der Waals surface area contributed by atoms with E-state index in [4.69, 9.17) is 14.2 Å². The molecule has 2 aromatic carbocycles. The Morgan fingerprint density at radius 3 is 2.85 bits per heavy atom. The van der Waals surface area contributed by atoms with Crippen LogP contribution >= 0.6 is 11.3 Å². The largest absolute Gasteiger partial charge is 0.493 e. The number of anilines is 1. The lowest BCUT2D eigenvalue weighted by molar-refractivity contribution is 0.102. The van der Waals surface area contributed by atoms with Gasteiger partial charge in [0.15, 0.2) is 16.6 Å². The molecule has 0 bridgehead atoms. The summed E-state index contributed by atoms with van der Waals surface area (Å²) in [5.74, 6) is 1.76. The summed E-state index contributed by atoms with van der Waals surface area (Å²) >= 11 is 1.37. The van der Waals surface area contributed by atoms with Crippen LogP contribution in [-0.4, -0.2) is 30.7 Å². The van der Waals surface area contributed by atoms with Crippen molar-refractivity contribution < 1.29 is 19.0 Å². The Balaban J connectivity index is 1.52. The second-order valence-corrected chi connectivity index (χ2v) is 6.64. The third-order valence-corrected chi connectivity index (χ3v) is 4.75. The Kier molecular flexibility index (Phi) is 4.93. The van der Waals surface area contributed by atoms with Crippen LogP contribution in [0.15, 0.2) is 47.8 Å². The molecule has 0 aliphatic carbocycles. The van der Waals surface area contributed by atoms with Gasteiger partial charge in [-0.25, -0.2) is 4.98 Å². The Bertz CT molecular complexity index is 970. The van der Waals surface area contributed by atoms with Gasteiger partial charge in [0.2, 0.25) is 0 Å². The SMILES string of the molecule is CCOc1ccccc1C(=O)Nc1nc(-c2ccc3c(c2)OCCO3)cs1. The van der Waals surface area contributed by atoms with E-state index in [0.29, 0.717) is 42.0 Å². The first kappa shape index (κ1) is 17.4. The molecule has 1 aromatic heterocycles. The fourth-order valence-corrected chi connectivity index (χ4v) is 3.48. The molecule has 1 amide bonds. The van der Waals surface area contributed by atoms with E-state index in [0.717, 1.165) is 17.0 Å². The minimum Gasteiger partial charge on any atom is -0.493 e. The van der Waals surface area contributed by atoms with E-state index in [1.807, 2.05) is 36.6 Å². The van der Waals surface area contributed by atoms with Crippen LogP contribution in [0.25, 0.3) is 11.3 Å². The topological polar surface area (TPSA) is 69.7 Å². The average Bonchev–Trinajstić information content (AvgIpc) is 3.16. The number of benzene rings is 2. The highest BCUT2D eigenvalue weighted by Crippen LogP contribution is 2.35. The first-order valence-electron chi connectivity index (χ1n) is 8.63. The fourth-order valence-electron chi connectivity index (χ4n) is 2.77. The number of rotatable bonds is 5. The van der Waals surface area contributed by atoms with Crippen LogP contribution in [0.5, 0.6) is 17.2 Å². The molecule has 1 aliphatic heterocycles. The van der Waals surface area contributed by atoms with Crippen molar-refractivity contribution in [1.29, 1.82) is 0 Å². The third kappa shape index (κ3) is 3.73. The molecule has 0 atom stereocenters. The highest BCUT2D eigenvalue weighted by molar-refractivity contribution is 7.14. The maximum atomic E-state index is 12.6. The van der Waals surface area contributed by atoms with Crippen molar-refractivity contribution in [2.24, 2.45) is 0 Å².